The van der Waals surface area contributed by atoms with Gasteiger partial charge >= 0.3 is 11.9 Å². The van der Waals surface area contributed by atoms with E-state index in [2.05, 4.69) is 5.73 Å². The summed E-state index contributed by atoms with van der Waals surface area (Å²) in [6.45, 7) is 0. The van der Waals surface area contributed by atoms with Crippen LogP contribution in [0.1, 0.15) is 0 Å². The summed E-state index contributed by atoms with van der Waals surface area (Å²) in [5.41, 5.74) is 4.20. The van der Waals surface area contributed by atoms with Crippen LogP contribution in [-0.2, 0) is 9.59 Å². The zero-order chi connectivity index (χ0) is 5.15. The van der Waals surface area contributed by atoms with E-state index in [4.69, 9.17) is 5.11 Å². The van der Waals surface area contributed by atoms with E-state index in [9.17, 15) is 9.59 Å². The fourth-order valence-electron chi connectivity index (χ4n) is 0. The number of hydrogen-bond donors (Lipinski definition) is 2. The molecule has 0 atom stereocenters. The van der Waals surface area contributed by atoms with Crippen molar-refractivity contribution in [1.82, 2.24) is 0 Å². The summed E-state index contributed by atoms with van der Waals surface area (Å²) in [6.07, 6.45) is 0. The average Bonchev–Trinajstić information content (AvgIpc) is 1.36. The number of carboxylic acids is 1. The van der Waals surface area contributed by atoms with Crippen LogP contribution in [0.4, 0.5) is 0 Å². The molecule has 0 aromatic carbocycles. The van der Waals surface area contributed by atoms with Crippen molar-refractivity contribution in [2.75, 3.05) is 0 Å². The number of carbonyl (C=O) groups excluding carboxylic acids is 1. The van der Waals surface area contributed by atoms with Crippen molar-refractivity contribution < 1.29 is 14.7 Å². The van der Waals surface area contributed by atoms with Crippen LogP contribution < -0.4 is 5.73 Å². The molecule has 0 aliphatic carbocycles. The van der Waals surface area contributed by atoms with E-state index in [1.54, 1.807) is 0 Å². The first-order valence-electron chi connectivity index (χ1n) is 1.17. The molecule has 0 aromatic rings. The Morgan fingerprint density at radius 1 is 1.43 bits per heavy atom. The normalized spacial score (nSPS) is 6.29. The van der Waals surface area contributed by atoms with Gasteiger partial charge in [0, 0.05) is 51.4 Å². The molecule has 0 fully saturated rings. The Labute approximate surface area is 82.5 Å². The zero-order valence-corrected chi connectivity index (χ0v) is 6.96. The monoisotopic (exact) mass is 128 g/mol. The molecular weight excluding hydrogens is 125 g/mol. The minimum absolute atomic E-state index is 0. The van der Waals surface area contributed by atoms with Crippen molar-refractivity contribution in [3.8, 4) is 0 Å². The van der Waals surface area contributed by atoms with Gasteiger partial charge in [0.15, 0.2) is 0 Å². The molecule has 0 bridgehead atoms. The Morgan fingerprint density at radius 2 is 1.57 bits per heavy atom. The minimum Gasteiger partial charge on any atom is -0.474 e. The molecule has 0 aromatic heterocycles. The molecule has 3 N–H and O–H groups in total. The summed E-state index contributed by atoms with van der Waals surface area (Å²) in [5, 5.41) is 7.52. The smallest absolute Gasteiger partial charge is 0.394 e. The Hall–Kier alpha value is 0.576. The quantitative estimate of drug-likeness (QED) is 0.297. The van der Waals surface area contributed by atoms with E-state index in [-0.39, 0.29) is 51.4 Å². The number of primary amides is 1. The van der Waals surface area contributed by atoms with Gasteiger partial charge < -0.3 is 10.8 Å². The van der Waals surface area contributed by atoms with Crippen LogP contribution in [0.5, 0.6) is 0 Å². The summed E-state index contributed by atoms with van der Waals surface area (Å²) >= 11 is 0. The maximum absolute atomic E-state index is 9.32. The molecule has 1 amide bonds. The van der Waals surface area contributed by atoms with E-state index < -0.39 is 11.9 Å². The second kappa shape index (κ2) is 4.73. The largest absolute Gasteiger partial charge is 0.474 e. The number of nitrogens with two attached hydrogens (primary N) is 1. The first-order valence-corrected chi connectivity index (χ1v) is 1.17. The molecule has 0 rings (SSSR count). The molecule has 4 nitrogen and oxygen atoms in total. The Kier molecular flexibility index (Phi) is 7.12. The molecule has 1 radical (unpaired) electrons. The molecule has 7 heavy (non-hydrogen) atoms. The van der Waals surface area contributed by atoms with Gasteiger partial charge in [0.05, 0.1) is 0 Å². The number of carboxylic acid groups (broad SMARTS) is 1. The molecule has 0 aliphatic rings. The van der Waals surface area contributed by atoms with Gasteiger partial charge in [0.25, 0.3) is 0 Å². The van der Waals surface area contributed by atoms with E-state index in [1.807, 2.05) is 0 Å². The van der Waals surface area contributed by atoms with Gasteiger partial charge in [0.1, 0.15) is 0 Å². The topological polar surface area (TPSA) is 80.4 Å². The molecule has 0 spiro atoms. The van der Waals surface area contributed by atoms with Crippen LogP contribution in [0, 0.1) is 0 Å². The van der Waals surface area contributed by atoms with Crippen LogP contribution in [0.25, 0.3) is 0 Å². The standard InChI is InChI=1S/C2H3NO3.K/c3-1(4)2(5)6;/h(H2,3,4)(H,5,6);. The van der Waals surface area contributed by atoms with Gasteiger partial charge in [-0.15, -0.1) is 0 Å². The fourth-order valence-corrected chi connectivity index (χ4v) is 0. The molecule has 0 unspecified atom stereocenters. The summed E-state index contributed by atoms with van der Waals surface area (Å²) in [4.78, 5) is 18.5. The molecule has 0 saturated carbocycles. The molecule has 0 saturated heterocycles. The maximum atomic E-state index is 9.32. The predicted molar refractivity (Wildman–Crippen MR) is 22.6 cm³/mol. The van der Waals surface area contributed by atoms with Crippen LogP contribution in [0.3, 0.4) is 0 Å². The number of rotatable bonds is 0. The minimum atomic E-state index is -1.60. The van der Waals surface area contributed by atoms with Crippen molar-refractivity contribution in [1.29, 1.82) is 0 Å². The average molecular weight is 128 g/mol. The van der Waals surface area contributed by atoms with E-state index >= 15 is 0 Å². The summed E-state index contributed by atoms with van der Waals surface area (Å²) in [6, 6.07) is 0. The Morgan fingerprint density at radius 3 is 1.57 bits per heavy atom. The predicted octanol–water partition coefficient (Wildman–Crippen LogP) is -1.82. The first kappa shape index (κ1) is 10.5. The van der Waals surface area contributed by atoms with Crippen LogP contribution in [-0.4, -0.2) is 68.4 Å². The second-order valence-electron chi connectivity index (χ2n) is 0.669. The number of amides is 1. The third kappa shape index (κ3) is 6.58. The third-order valence-corrected chi connectivity index (χ3v) is 0.211. The van der Waals surface area contributed by atoms with E-state index in [0.717, 1.165) is 0 Å². The van der Waals surface area contributed by atoms with E-state index in [0.29, 0.717) is 0 Å². The van der Waals surface area contributed by atoms with Crippen molar-refractivity contribution >= 4 is 63.3 Å². The van der Waals surface area contributed by atoms with Crippen LogP contribution >= 0.6 is 0 Å². The van der Waals surface area contributed by atoms with Gasteiger partial charge in [-0.2, -0.15) is 0 Å². The first-order chi connectivity index (χ1) is 2.64. The maximum Gasteiger partial charge on any atom is 0.394 e. The van der Waals surface area contributed by atoms with Crippen molar-refractivity contribution in [3.05, 3.63) is 0 Å². The summed E-state index contributed by atoms with van der Waals surface area (Å²) in [5.74, 6) is -2.93. The van der Waals surface area contributed by atoms with Gasteiger partial charge in [-0.25, -0.2) is 4.79 Å². The van der Waals surface area contributed by atoms with Gasteiger partial charge in [-0.05, 0) is 0 Å². The zero-order valence-electron chi connectivity index (χ0n) is 3.84. The van der Waals surface area contributed by atoms with Gasteiger partial charge in [-0.1, -0.05) is 0 Å². The Balaban J connectivity index is 0. The van der Waals surface area contributed by atoms with Gasteiger partial charge in [0.2, 0.25) is 0 Å². The molecular formula is C2H3KNO3. The number of aliphatic carboxylic acids is 1. The van der Waals surface area contributed by atoms with Crippen molar-refractivity contribution in [3.63, 3.8) is 0 Å². The number of hydrogen-bond acceptors (Lipinski definition) is 2. The molecule has 0 heterocycles. The van der Waals surface area contributed by atoms with Crippen molar-refractivity contribution in [2.24, 2.45) is 5.73 Å². The molecule has 35 valence electrons. The SMILES string of the molecule is NC(=O)C(=O)O.[K]. The van der Waals surface area contributed by atoms with Gasteiger partial charge in [-0.3, -0.25) is 4.79 Å². The fraction of sp³-hybridized carbons (Fsp3) is 0. The summed E-state index contributed by atoms with van der Waals surface area (Å²) < 4.78 is 0. The third-order valence-electron chi connectivity index (χ3n) is 0.211. The van der Waals surface area contributed by atoms with Crippen LogP contribution in [0.2, 0.25) is 0 Å². The summed E-state index contributed by atoms with van der Waals surface area (Å²) in [7, 11) is 0. The number of carbonyl (C=O) groups is 2. The van der Waals surface area contributed by atoms with E-state index in [1.165, 1.54) is 0 Å². The second-order valence-corrected chi connectivity index (χ2v) is 0.669. The molecule has 5 heteroatoms. The van der Waals surface area contributed by atoms with Crippen molar-refractivity contribution in [2.45, 2.75) is 0 Å². The van der Waals surface area contributed by atoms with Crippen LogP contribution in [0.15, 0.2) is 0 Å². The molecule has 0 aliphatic heterocycles. The Bertz CT molecular complexity index is 78.9.